The molecular weight excluding hydrogens is 267 g/mol. The molecule has 0 bridgehead atoms. The molecule has 0 saturated heterocycles. The number of rotatable bonds is 2. The summed E-state index contributed by atoms with van der Waals surface area (Å²) in [6.07, 6.45) is -0.885. The Morgan fingerprint density at radius 2 is 2.05 bits per heavy atom. The molecule has 8 heteroatoms. The molecule has 2 rings (SSSR count). The third kappa shape index (κ3) is 2.74. The van der Waals surface area contributed by atoms with E-state index >= 15 is 0 Å². The van der Waals surface area contributed by atoms with Gasteiger partial charge in [-0.2, -0.15) is 4.98 Å². The van der Waals surface area contributed by atoms with Crippen molar-refractivity contribution in [3.63, 3.8) is 0 Å². The van der Waals surface area contributed by atoms with E-state index in [4.69, 9.17) is 16.2 Å². The van der Waals surface area contributed by atoms with Crippen LogP contribution in [0.2, 0.25) is 0 Å². The number of carbonyl (C=O) groups is 1. The molecule has 0 aliphatic rings. The van der Waals surface area contributed by atoms with Crippen LogP contribution in [0.3, 0.4) is 0 Å². The lowest BCUT2D eigenvalue weighted by molar-refractivity contribution is 0.121. The van der Waals surface area contributed by atoms with Crippen LogP contribution in [0.5, 0.6) is 5.75 Å². The van der Waals surface area contributed by atoms with E-state index in [0.717, 1.165) is 0 Å². The van der Waals surface area contributed by atoms with Gasteiger partial charge in [0.25, 0.3) is 0 Å². The lowest BCUT2D eigenvalue weighted by Gasteiger charge is -2.07. The quantitative estimate of drug-likeness (QED) is 0.633. The molecule has 0 spiro atoms. The second-order valence-corrected chi connectivity index (χ2v) is 3.71. The molecule has 1 aromatic carbocycles. The van der Waals surface area contributed by atoms with E-state index < -0.39 is 12.0 Å². The maximum atomic E-state index is 13.9. The van der Waals surface area contributed by atoms with Gasteiger partial charge in [0, 0.05) is 5.56 Å². The number of hydrogen-bond donors (Lipinski definition) is 2. The van der Waals surface area contributed by atoms with Crippen LogP contribution >= 0.6 is 0 Å². The van der Waals surface area contributed by atoms with E-state index in [2.05, 4.69) is 14.7 Å². The molecule has 0 aliphatic heterocycles. The number of nitrogens with zero attached hydrogens (tertiary/aromatic N) is 2. The molecule has 104 valence electrons. The van der Waals surface area contributed by atoms with Gasteiger partial charge in [0.1, 0.15) is 11.4 Å². The SMILES string of the molecule is COC(=O)Oc1cccc(-c2nc(N)nc(N)c2F)c1. The fourth-order valence-corrected chi connectivity index (χ4v) is 1.52. The number of aromatic nitrogens is 2. The number of carbonyl (C=O) groups excluding carboxylic acids is 1. The highest BCUT2D eigenvalue weighted by Gasteiger charge is 2.14. The van der Waals surface area contributed by atoms with E-state index in [9.17, 15) is 9.18 Å². The smallest absolute Gasteiger partial charge is 0.437 e. The molecule has 2 aromatic rings. The molecule has 0 amide bonds. The standard InChI is InChI=1S/C12H11FN4O3/c1-19-12(18)20-7-4-2-3-6(5-7)9-8(13)10(14)17-11(15)16-9/h2-5H,1H3,(H4,14,15,16,17). The summed E-state index contributed by atoms with van der Waals surface area (Å²) < 4.78 is 23.1. The van der Waals surface area contributed by atoms with Gasteiger partial charge in [0.15, 0.2) is 11.6 Å². The van der Waals surface area contributed by atoms with Crippen LogP contribution in [0.25, 0.3) is 11.3 Å². The van der Waals surface area contributed by atoms with Gasteiger partial charge in [-0.05, 0) is 12.1 Å². The first kappa shape index (κ1) is 13.5. The number of benzene rings is 1. The Balaban J connectivity index is 2.43. The van der Waals surface area contributed by atoms with Crippen molar-refractivity contribution in [2.45, 2.75) is 0 Å². The highest BCUT2D eigenvalue weighted by atomic mass is 19.1. The molecule has 1 heterocycles. The van der Waals surface area contributed by atoms with E-state index in [1.807, 2.05) is 0 Å². The maximum absolute atomic E-state index is 13.9. The summed E-state index contributed by atoms with van der Waals surface area (Å²) in [4.78, 5) is 18.3. The number of hydrogen-bond acceptors (Lipinski definition) is 7. The Bertz CT molecular complexity index is 663. The summed E-state index contributed by atoms with van der Waals surface area (Å²) in [5, 5.41) is 0. The van der Waals surface area contributed by atoms with Crippen molar-refractivity contribution in [3.8, 4) is 17.0 Å². The van der Waals surface area contributed by atoms with Gasteiger partial charge in [0.2, 0.25) is 5.95 Å². The second-order valence-electron chi connectivity index (χ2n) is 3.71. The third-order valence-electron chi connectivity index (χ3n) is 2.37. The zero-order valence-corrected chi connectivity index (χ0v) is 10.5. The van der Waals surface area contributed by atoms with Gasteiger partial charge in [-0.15, -0.1) is 0 Å². The molecule has 4 N–H and O–H groups in total. The van der Waals surface area contributed by atoms with Crippen molar-refractivity contribution in [1.29, 1.82) is 0 Å². The minimum Gasteiger partial charge on any atom is -0.437 e. The molecule has 1 aromatic heterocycles. The van der Waals surface area contributed by atoms with Crippen molar-refractivity contribution < 1.29 is 18.7 Å². The van der Waals surface area contributed by atoms with Gasteiger partial charge in [-0.25, -0.2) is 14.2 Å². The van der Waals surface area contributed by atoms with Gasteiger partial charge in [0.05, 0.1) is 7.11 Å². The number of methoxy groups -OCH3 is 1. The molecule has 0 saturated carbocycles. The summed E-state index contributed by atoms with van der Waals surface area (Å²) in [7, 11) is 1.18. The van der Waals surface area contributed by atoms with Crippen molar-refractivity contribution >= 4 is 17.9 Å². The predicted octanol–water partition coefficient (Wildman–Crippen LogP) is 1.59. The zero-order valence-electron chi connectivity index (χ0n) is 10.5. The first-order valence-electron chi connectivity index (χ1n) is 5.46. The zero-order chi connectivity index (χ0) is 14.7. The molecule has 7 nitrogen and oxygen atoms in total. The Morgan fingerprint density at radius 1 is 1.30 bits per heavy atom. The molecule has 0 aliphatic carbocycles. The fourth-order valence-electron chi connectivity index (χ4n) is 1.52. The van der Waals surface area contributed by atoms with Crippen LogP contribution < -0.4 is 16.2 Å². The Hall–Kier alpha value is -2.90. The van der Waals surface area contributed by atoms with E-state index in [1.54, 1.807) is 12.1 Å². The van der Waals surface area contributed by atoms with Gasteiger partial charge < -0.3 is 20.9 Å². The predicted molar refractivity (Wildman–Crippen MR) is 69.3 cm³/mol. The molecular formula is C12H11FN4O3. The largest absolute Gasteiger partial charge is 0.513 e. The van der Waals surface area contributed by atoms with Crippen LogP contribution in [0.4, 0.5) is 21.0 Å². The number of nitrogen functional groups attached to an aromatic ring is 2. The Morgan fingerprint density at radius 3 is 2.75 bits per heavy atom. The summed E-state index contributed by atoms with van der Waals surface area (Å²) in [5.41, 5.74) is 11.1. The summed E-state index contributed by atoms with van der Waals surface area (Å²) in [5.74, 6) is -1.14. The van der Waals surface area contributed by atoms with Crippen molar-refractivity contribution in [2.24, 2.45) is 0 Å². The average molecular weight is 278 g/mol. The van der Waals surface area contributed by atoms with Crippen LogP contribution in [0.15, 0.2) is 24.3 Å². The van der Waals surface area contributed by atoms with Gasteiger partial charge in [-0.3, -0.25) is 0 Å². The average Bonchev–Trinajstić information content (AvgIpc) is 2.43. The normalized spacial score (nSPS) is 10.1. The van der Waals surface area contributed by atoms with Crippen LogP contribution in [0.1, 0.15) is 0 Å². The van der Waals surface area contributed by atoms with Crippen LogP contribution in [-0.2, 0) is 4.74 Å². The first-order chi connectivity index (χ1) is 9.51. The van der Waals surface area contributed by atoms with E-state index in [-0.39, 0.29) is 23.2 Å². The second kappa shape index (κ2) is 5.39. The van der Waals surface area contributed by atoms with E-state index in [0.29, 0.717) is 5.56 Å². The minimum absolute atomic E-state index is 0.0784. The van der Waals surface area contributed by atoms with Crippen LogP contribution in [-0.4, -0.2) is 23.2 Å². The lowest BCUT2D eigenvalue weighted by Crippen LogP contribution is -2.07. The number of halogens is 1. The number of nitrogens with two attached hydrogens (primary N) is 2. The Kier molecular flexibility index (Phi) is 3.65. The summed E-state index contributed by atoms with van der Waals surface area (Å²) >= 11 is 0. The molecule has 0 unspecified atom stereocenters. The maximum Gasteiger partial charge on any atom is 0.513 e. The molecule has 0 atom stereocenters. The molecule has 0 radical (unpaired) electrons. The number of anilines is 2. The van der Waals surface area contributed by atoms with Crippen molar-refractivity contribution in [3.05, 3.63) is 30.1 Å². The lowest BCUT2D eigenvalue weighted by atomic mass is 10.1. The summed E-state index contributed by atoms with van der Waals surface area (Å²) in [6, 6.07) is 6.03. The van der Waals surface area contributed by atoms with Gasteiger partial charge in [-0.1, -0.05) is 12.1 Å². The molecule has 0 fully saturated rings. The third-order valence-corrected chi connectivity index (χ3v) is 2.37. The molecule has 20 heavy (non-hydrogen) atoms. The number of ether oxygens (including phenoxy) is 2. The fraction of sp³-hybridized carbons (Fsp3) is 0.0833. The van der Waals surface area contributed by atoms with Crippen LogP contribution in [0, 0.1) is 5.82 Å². The Labute approximate surface area is 113 Å². The van der Waals surface area contributed by atoms with Crippen molar-refractivity contribution in [2.75, 3.05) is 18.6 Å². The van der Waals surface area contributed by atoms with Gasteiger partial charge >= 0.3 is 6.16 Å². The topological polar surface area (TPSA) is 113 Å². The summed E-state index contributed by atoms with van der Waals surface area (Å²) in [6.45, 7) is 0. The highest BCUT2D eigenvalue weighted by molar-refractivity contribution is 5.68. The van der Waals surface area contributed by atoms with E-state index in [1.165, 1.54) is 19.2 Å². The minimum atomic E-state index is -0.885. The first-order valence-corrected chi connectivity index (χ1v) is 5.46. The monoisotopic (exact) mass is 278 g/mol. The highest BCUT2D eigenvalue weighted by Crippen LogP contribution is 2.27. The van der Waals surface area contributed by atoms with Crippen molar-refractivity contribution in [1.82, 2.24) is 9.97 Å².